The van der Waals surface area contributed by atoms with E-state index in [-0.39, 0.29) is 0 Å². The van der Waals surface area contributed by atoms with E-state index in [0.29, 0.717) is 22.6 Å². The maximum Gasteiger partial charge on any atom is 0.127 e. The molecule has 1 nitrogen and oxygen atoms in total. The lowest BCUT2D eigenvalue weighted by Crippen LogP contribution is -1.97. The Labute approximate surface area is 146 Å². The first kappa shape index (κ1) is 16.2. The molecular formula is C20H18Cl2O. The second-order valence-electron chi connectivity index (χ2n) is 5.93. The number of ether oxygens (including phenoxy) is 1. The summed E-state index contributed by atoms with van der Waals surface area (Å²) in [6.07, 6.45) is 0. The molecule has 23 heavy (non-hydrogen) atoms. The molecule has 3 aromatic carbocycles. The van der Waals surface area contributed by atoms with Crippen molar-refractivity contribution in [3.63, 3.8) is 0 Å². The highest BCUT2D eigenvalue weighted by molar-refractivity contribution is 6.42. The molecule has 118 valence electrons. The van der Waals surface area contributed by atoms with Gasteiger partial charge in [-0.15, -0.1) is 0 Å². The van der Waals surface area contributed by atoms with Crippen LogP contribution in [-0.2, 0) is 6.61 Å². The molecule has 0 bridgehead atoms. The van der Waals surface area contributed by atoms with Gasteiger partial charge >= 0.3 is 0 Å². The Morgan fingerprint density at radius 1 is 0.913 bits per heavy atom. The molecule has 0 aliphatic rings. The fraction of sp³-hybridized carbons (Fsp3) is 0.200. The number of hydrogen-bond donors (Lipinski definition) is 0. The number of benzene rings is 3. The highest BCUT2D eigenvalue weighted by Gasteiger charge is 2.07. The summed E-state index contributed by atoms with van der Waals surface area (Å²) in [4.78, 5) is 0. The van der Waals surface area contributed by atoms with E-state index in [1.54, 1.807) is 6.07 Å². The van der Waals surface area contributed by atoms with Crippen LogP contribution in [-0.4, -0.2) is 0 Å². The minimum absolute atomic E-state index is 0.460. The minimum Gasteiger partial charge on any atom is -0.488 e. The molecule has 3 heteroatoms. The Bertz CT molecular complexity index is 840. The largest absolute Gasteiger partial charge is 0.488 e. The predicted octanol–water partition coefficient (Wildman–Crippen LogP) is 6.85. The van der Waals surface area contributed by atoms with Crippen LogP contribution in [0.25, 0.3) is 10.8 Å². The summed E-state index contributed by atoms with van der Waals surface area (Å²) in [6, 6.07) is 18.2. The summed E-state index contributed by atoms with van der Waals surface area (Å²) in [5, 5.41) is 3.43. The van der Waals surface area contributed by atoms with Crippen LogP contribution in [0.15, 0.2) is 54.6 Å². The molecule has 0 aliphatic heterocycles. The fourth-order valence-corrected chi connectivity index (χ4v) is 2.86. The van der Waals surface area contributed by atoms with Gasteiger partial charge in [-0.1, -0.05) is 67.4 Å². The van der Waals surface area contributed by atoms with Crippen molar-refractivity contribution in [3.8, 4) is 5.75 Å². The van der Waals surface area contributed by atoms with Crippen LogP contribution in [0.1, 0.15) is 30.9 Å². The SMILES string of the molecule is CC(C)c1ccc2cccc(OCc3ccc(Cl)c(Cl)c3)c2c1. The molecular weight excluding hydrogens is 327 g/mol. The molecule has 0 saturated heterocycles. The Morgan fingerprint density at radius 2 is 1.74 bits per heavy atom. The van der Waals surface area contributed by atoms with Gasteiger partial charge in [-0.3, -0.25) is 0 Å². The summed E-state index contributed by atoms with van der Waals surface area (Å²) in [6.45, 7) is 4.85. The lowest BCUT2D eigenvalue weighted by molar-refractivity contribution is 0.310. The normalized spacial score (nSPS) is 11.2. The van der Waals surface area contributed by atoms with E-state index >= 15 is 0 Å². The van der Waals surface area contributed by atoms with Crippen molar-refractivity contribution in [3.05, 3.63) is 75.8 Å². The average Bonchev–Trinajstić information content (AvgIpc) is 2.55. The van der Waals surface area contributed by atoms with Gasteiger partial charge in [0.25, 0.3) is 0 Å². The maximum absolute atomic E-state index is 6.06. The summed E-state index contributed by atoms with van der Waals surface area (Å²) >= 11 is 12.0. The average molecular weight is 345 g/mol. The van der Waals surface area contributed by atoms with Gasteiger partial charge in [0.1, 0.15) is 12.4 Å². The molecule has 0 aromatic heterocycles. The third-order valence-electron chi connectivity index (χ3n) is 3.91. The van der Waals surface area contributed by atoms with Gasteiger partial charge in [0.05, 0.1) is 10.0 Å². The van der Waals surface area contributed by atoms with Crippen LogP contribution in [0.4, 0.5) is 0 Å². The predicted molar refractivity (Wildman–Crippen MR) is 98.8 cm³/mol. The number of halogens is 2. The lowest BCUT2D eigenvalue weighted by atomic mass is 9.99. The molecule has 0 amide bonds. The molecule has 0 aliphatic carbocycles. The quantitative estimate of drug-likeness (QED) is 0.502. The van der Waals surface area contributed by atoms with E-state index in [0.717, 1.165) is 16.7 Å². The summed E-state index contributed by atoms with van der Waals surface area (Å²) < 4.78 is 6.03. The van der Waals surface area contributed by atoms with Gasteiger partial charge in [0.15, 0.2) is 0 Å². The van der Waals surface area contributed by atoms with Crippen molar-refractivity contribution >= 4 is 34.0 Å². The van der Waals surface area contributed by atoms with Crippen molar-refractivity contribution in [1.29, 1.82) is 0 Å². The number of rotatable bonds is 4. The van der Waals surface area contributed by atoms with Crippen LogP contribution >= 0.6 is 23.2 Å². The Morgan fingerprint density at radius 3 is 2.48 bits per heavy atom. The number of fused-ring (bicyclic) bond motifs is 1. The first-order valence-electron chi connectivity index (χ1n) is 7.64. The molecule has 0 heterocycles. The molecule has 3 aromatic rings. The zero-order chi connectivity index (χ0) is 16.4. The van der Waals surface area contributed by atoms with E-state index in [1.165, 1.54) is 10.9 Å². The first-order valence-corrected chi connectivity index (χ1v) is 8.39. The van der Waals surface area contributed by atoms with Gasteiger partial charge < -0.3 is 4.74 Å². The Hall–Kier alpha value is -1.70. The summed E-state index contributed by atoms with van der Waals surface area (Å²) in [5.74, 6) is 1.37. The topological polar surface area (TPSA) is 9.23 Å². The Balaban J connectivity index is 1.89. The minimum atomic E-state index is 0.460. The van der Waals surface area contributed by atoms with E-state index < -0.39 is 0 Å². The lowest BCUT2D eigenvalue weighted by Gasteiger charge is -2.12. The van der Waals surface area contributed by atoms with E-state index in [9.17, 15) is 0 Å². The van der Waals surface area contributed by atoms with Crippen molar-refractivity contribution in [1.82, 2.24) is 0 Å². The summed E-state index contributed by atoms with van der Waals surface area (Å²) in [5.41, 5.74) is 2.31. The van der Waals surface area contributed by atoms with Crippen molar-refractivity contribution in [2.75, 3.05) is 0 Å². The molecule has 0 unspecified atom stereocenters. The monoisotopic (exact) mass is 344 g/mol. The van der Waals surface area contributed by atoms with E-state index in [1.807, 2.05) is 24.3 Å². The second-order valence-corrected chi connectivity index (χ2v) is 6.74. The van der Waals surface area contributed by atoms with Crippen LogP contribution < -0.4 is 4.74 Å². The highest BCUT2D eigenvalue weighted by atomic mass is 35.5. The van der Waals surface area contributed by atoms with Crippen LogP contribution in [0.2, 0.25) is 10.0 Å². The second kappa shape index (κ2) is 6.82. The molecule has 0 spiro atoms. The molecule has 0 atom stereocenters. The summed E-state index contributed by atoms with van der Waals surface area (Å²) in [7, 11) is 0. The van der Waals surface area contributed by atoms with Gasteiger partial charge in [0, 0.05) is 5.39 Å². The fourth-order valence-electron chi connectivity index (χ4n) is 2.54. The first-order chi connectivity index (χ1) is 11.0. The molecule has 0 fully saturated rings. The zero-order valence-electron chi connectivity index (χ0n) is 13.1. The van der Waals surface area contributed by atoms with E-state index in [2.05, 4.69) is 38.1 Å². The Kier molecular flexibility index (Phi) is 4.79. The molecule has 0 radical (unpaired) electrons. The zero-order valence-corrected chi connectivity index (χ0v) is 14.7. The van der Waals surface area contributed by atoms with Crippen molar-refractivity contribution in [2.45, 2.75) is 26.4 Å². The molecule has 0 saturated carbocycles. The molecule has 3 rings (SSSR count). The van der Waals surface area contributed by atoms with Gasteiger partial charge in [-0.25, -0.2) is 0 Å². The van der Waals surface area contributed by atoms with Crippen LogP contribution in [0.5, 0.6) is 5.75 Å². The number of hydrogen-bond acceptors (Lipinski definition) is 1. The van der Waals surface area contributed by atoms with E-state index in [4.69, 9.17) is 27.9 Å². The van der Waals surface area contributed by atoms with Gasteiger partial charge in [0.2, 0.25) is 0 Å². The third-order valence-corrected chi connectivity index (χ3v) is 4.65. The van der Waals surface area contributed by atoms with Gasteiger partial charge in [-0.2, -0.15) is 0 Å². The van der Waals surface area contributed by atoms with Crippen LogP contribution in [0.3, 0.4) is 0 Å². The van der Waals surface area contributed by atoms with Crippen molar-refractivity contribution in [2.24, 2.45) is 0 Å². The van der Waals surface area contributed by atoms with Crippen LogP contribution in [0, 0.1) is 0 Å². The smallest absolute Gasteiger partial charge is 0.127 e. The molecule has 0 N–H and O–H groups in total. The van der Waals surface area contributed by atoms with Crippen molar-refractivity contribution < 1.29 is 4.74 Å². The highest BCUT2D eigenvalue weighted by Crippen LogP contribution is 2.30. The maximum atomic E-state index is 6.06. The standard InChI is InChI=1S/C20H18Cl2O/c1-13(2)16-8-7-15-4-3-5-20(17(15)11-16)23-12-14-6-9-18(21)19(22)10-14/h3-11,13H,12H2,1-2H3. The van der Waals surface area contributed by atoms with Gasteiger partial charge in [-0.05, 0) is 46.7 Å². The third kappa shape index (κ3) is 3.63.